The standard InChI is InChI=1S/C13H16N2O/c1-8-13-11(5-6-14-8)10-4-3-9(16-2)7-12(10)15-13/h3-4,7-8,14-15H,5-6H2,1-2H3/p+1/t8-/m0/s1. The molecule has 0 saturated carbocycles. The van der Waals surface area contributed by atoms with Gasteiger partial charge >= 0.3 is 0 Å². The van der Waals surface area contributed by atoms with Gasteiger partial charge in [-0.1, -0.05) is 0 Å². The summed E-state index contributed by atoms with van der Waals surface area (Å²) in [4.78, 5) is 3.53. The van der Waals surface area contributed by atoms with Crippen LogP contribution in [-0.2, 0) is 6.42 Å². The van der Waals surface area contributed by atoms with Crippen LogP contribution in [0.1, 0.15) is 24.2 Å². The maximum absolute atomic E-state index is 5.25. The molecular formula is C13H17N2O+. The van der Waals surface area contributed by atoms with Crippen LogP contribution in [0, 0.1) is 0 Å². The van der Waals surface area contributed by atoms with Crippen molar-refractivity contribution in [2.75, 3.05) is 13.7 Å². The molecule has 16 heavy (non-hydrogen) atoms. The Bertz CT molecular complexity index is 530. The van der Waals surface area contributed by atoms with Crippen LogP contribution in [0.4, 0.5) is 0 Å². The largest absolute Gasteiger partial charge is 0.497 e. The molecule has 0 radical (unpaired) electrons. The van der Waals surface area contributed by atoms with Gasteiger partial charge in [0, 0.05) is 23.4 Å². The Labute approximate surface area is 94.8 Å². The number of hydrogen-bond acceptors (Lipinski definition) is 1. The quantitative estimate of drug-likeness (QED) is 0.744. The number of aromatic amines is 1. The van der Waals surface area contributed by atoms with Crippen molar-refractivity contribution in [1.82, 2.24) is 4.98 Å². The molecule has 2 heterocycles. The monoisotopic (exact) mass is 217 g/mol. The van der Waals surface area contributed by atoms with E-state index in [0.29, 0.717) is 6.04 Å². The highest BCUT2D eigenvalue weighted by molar-refractivity contribution is 5.86. The molecule has 3 N–H and O–H groups in total. The molecule has 0 spiro atoms. The van der Waals surface area contributed by atoms with Crippen LogP contribution < -0.4 is 10.1 Å². The fourth-order valence-corrected chi connectivity index (χ4v) is 2.64. The molecule has 2 aromatic rings. The summed E-state index contributed by atoms with van der Waals surface area (Å²) in [7, 11) is 1.71. The first-order valence-corrected chi connectivity index (χ1v) is 5.81. The fourth-order valence-electron chi connectivity index (χ4n) is 2.64. The van der Waals surface area contributed by atoms with E-state index in [1.54, 1.807) is 7.11 Å². The highest BCUT2D eigenvalue weighted by atomic mass is 16.5. The van der Waals surface area contributed by atoms with Crippen molar-refractivity contribution in [2.24, 2.45) is 0 Å². The average Bonchev–Trinajstić information content (AvgIpc) is 2.68. The highest BCUT2D eigenvalue weighted by Crippen LogP contribution is 2.29. The first-order chi connectivity index (χ1) is 7.79. The van der Waals surface area contributed by atoms with Crippen molar-refractivity contribution < 1.29 is 10.1 Å². The third kappa shape index (κ3) is 1.32. The fraction of sp³-hybridized carbons (Fsp3) is 0.385. The minimum absolute atomic E-state index is 0.544. The molecule has 1 aliphatic heterocycles. The van der Waals surface area contributed by atoms with Crippen LogP contribution in [0.5, 0.6) is 5.75 Å². The predicted octanol–water partition coefficient (Wildman–Crippen LogP) is 1.36. The molecule has 3 nitrogen and oxygen atoms in total. The molecule has 3 heteroatoms. The lowest BCUT2D eigenvalue weighted by molar-refractivity contribution is -0.696. The topological polar surface area (TPSA) is 41.6 Å². The van der Waals surface area contributed by atoms with E-state index in [-0.39, 0.29) is 0 Å². The van der Waals surface area contributed by atoms with Crippen LogP contribution >= 0.6 is 0 Å². The van der Waals surface area contributed by atoms with Gasteiger partial charge < -0.3 is 15.0 Å². The van der Waals surface area contributed by atoms with E-state index < -0.39 is 0 Å². The number of nitrogens with one attached hydrogen (secondary N) is 1. The second-order valence-corrected chi connectivity index (χ2v) is 4.49. The molecule has 3 rings (SSSR count). The average molecular weight is 217 g/mol. The summed E-state index contributed by atoms with van der Waals surface area (Å²) in [6, 6.07) is 6.84. The van der Waals surface area contributed by atoms with Gasteiger partial charge in [-0.3, -0.25) is 0 Å². The van der Waals surface area contributed by atoms with Crippen molar-refractivity contribution in [3.05, 3.63) is 29.5 Å². The van der Waals surface area contributed by atoms with Crippen molar-refractivity contribution in [3.63, 3.8) is 0 Å². The maximum Gasteiger partial charge on any atom is 0.124 e. The number of benzene rings is 1. The van der Waals surface area contributed by atoms with Crippen molar-refractivity contribution in [1.29, 1.82) is 0 Å². The SMILES string of the molecule is COc1ccc2c3c([nH]c2c1)[C@H](C)[NH2+]CC3. The molecule has 84 valence electrons. The van der Waals surface area contributed by atoms with Crippen LogP contribution in [-0.4, -0.2) is 18.6 Å². The molecule has 1 atom stereocenters. The van der Waals surface area contributed by atoms with Crippen LogP contribution in [0.3, 0.4) is 0 Å². The summed E-state index contributed by atoms with van der Waals surface area (Å²) in [5, 5.41) is 3.74. The summed E-state index contributed by atoms with van der Waals surface area (Å²) >= 11 is 0. The molecule has 1 aromatic carbocycles. The van der Waals surface area contributed by atoms with E-state index in [9.17, 15) is 0 Å². The molecule has 0 amide bonds. The predicted molar refractivity (Wildman–Crippen MR) is 63.8 cm³/mol. The van der Waals surface area contributed by atoms with E-state index in [1.165, 1.54) is 28.7 Å². The van der Waals surface area contributed by atoms with Crippen LogP contribution in [0.2, 0.25) is 0 Å². The number of rotatable bonds is 1. The van der Waals surface area contributed by atoms with Gasteiger partial charge in [-0.05, 0) is 24.6 Å². The third-order valence-corrected chi connectivity index (χ3v) is 3.52. The summed E-state index contributed by atoms with van der Waals surface area (Å²) < 4.78 is 5.25. The Morgan fingerprint density at radius 2 is 2.31 bits per heavy atom. The number of fused-ring (bicyclic) bond motifs is 3. The molecule has 0 fully saturated rings. The van der Waals surface area contributed by atoms with E-state index in [2.05, 4.69) is 29.4 Å². The smallest absolute Gasteiger partial charge is 0.124 e. The van der Waals surface area contributed by atoms with E-state index in [0.717, 1.165) is 12.2 Å². The second kappa shape index (κ2) is 3.52. The number of H-pyrrole nitrogens is 1. The molecular weight excluding hydrogens is 200 g/mol. The van der Waals surface area contributed by atoms with Gasteiger partial charge in [0.2, 0.25) is 0 Å². The van der Waals surface area contributed by atoms with E-state index in [4.69, 9.17) is 4.74 Å². The number of ether oxygens (including phenoxy) is 1. The lowest BCUT2D eigenvalue weighted by atomic mass is 10.0. The Balaban J connectivity index is 2.23. The van der Waals surface area contributed by atoms with Gasteiger partial charge in [-0.25, -0.2) is 0 Å². The molecule has 1 aromatic heterocycles. The van der Waals surface area contributed by atoms with Gasteiger partial charge in [-0.15, -0.1) is 0 Å². The molecule has 0 aliphatic carbocycles. The van der Waals surface area contributed by atoms with Gasteiger partial charge in [0.25, 0.3) is 0 Å². The molecule has 0 bridgehead atoms. The van der Waals surface area contributed by atoms with Crippen molar-refractivity contribution in [2.45, 2.75) is 19.4 Å². The Hall–Kier alpha value is -1.48. The Morgan fingerprint density at radius 3 is 3.12 bits per heavy atom. The zero-order chi connectivity index (χ0) is 11.1. The van der Waals surface area contributed by atoms with Gasteiger partial charge in [0.1, 0.15) is 11.8 Å². The second-order valence-electron chi connectivity index (χ2n) is 4.49. The molecule has 0 saturated heterocycles. The van der Waals surface area contributed by atoms with Crippen molar-refractivity contribution >= 4 is 10.9 Å². The summed E-state index contributed by atoms with van der Waals surface area (Å²) in [6.07, 6.45) is 1.16. The minimum atomic E-state index is 0.544. The van der Waals surface area contributed by atoms with Crippen LogP contribution in [0.25, 0.3) is 10.9 Å². The number of nitrogens with two attached hydrogens (primary N) is 1. The number of methoxy groups -OCH3 is 1. The number of hydrogen-bond donors (Lipinski definition) is 2. The minimum Gasteiger partial charge on any atom is -0.497 e. The molecule has 0 unspecified atom stereocenters. The summed E-state index contributed by atoms with van der Waals surface area (Å²) in [6.45, 7) is 3.44. The lowest BCUT2D eigenvalue weighted by Crippen LogP contribution is -2.86. The molecule has 1 aliphatic rings. The Kier molecular flexibility index (Phi) is 2.14. The third-order valence-electron chi connectivity index (χ3n) is 3.52. The summed E-state index contributed by atoms with van der Waals surface area (Å²) in [5.74, 6) is 0.919. The van der Waals surface area contributed by atoms with E-state index >= 15 is 0 Å². The highest BCUT2D eigenvalue weighted by Gasteiger charge is 2.23. The maximum atomic E-state index is 5.25. The zero-order valence-electron chi connectivity index (χ0n) is 9.71. The van der Waals surface area contributed by atoms with E-state index in [1.807, 2.05) is 6.07 Å². The number of aromatic nitrogens is 1. The van der Waals surface area contributed by atoms with Gasteiger partial charge in [-0.2, -0.15) is 0 Å². The zero-order valence-corrected chi connectivity index (χ0v) is 9.71. The van der Waals surface area contributed by atoms with Crippen molar-refractivity contribution in [3.8, 4) is 5.75 Å². The Morgan fingerprint density at radius 1 is 1.44 bits per heavy atom. The summed E-state index contributed by atoms with van der Waals surface area (Å²) in [5.41, 5.74) is 4.08. The van der Waals surface area contributed by atoms with Gasteiger partial charge in [0.05, 0.1) is 19.3 Å². The lowest BCUT2D eigenvalue weighted by Gasteiger charge is -2.16. The normalized spacial score (nSPS) is 19.8. The first-order valence-electron chi connectivity index (χ1n) is 5.81. The van der Waals surface area contributed by atoms with Gasteiger partial charge in [0.15, 0.2) is 0 Å². The van der Waals surface area contributed by atoms with Crippen LogP contribution in [0.15, 0.2) is 18.2 Å². The first kappa shape index (κ1) is 9.73. The number of quaternary nitrogens is 1.